The van der Waals surface area contributed by atoms with Crippen LogP contribution in [0.5, 0.6) is 0 Å². The van der Waals surface area contributed by atoms with E-state index in [2.05, 4.69) is 33.0 Å². The highest BCUT2D eigenvalue weighted by Crippen LogP contribution is 2.37. The number of hydrogen-bond donors (Lipinski definition) is 3. The van der Waals surface area contributed by atoms with Crippen LogP contribution < -0.4 is 16.0 Å². The second-order valence-corrected chi connectivity index (χ2v) is 12.7. The van der Waals surface area contributed by atoms with E-state index in [0.717, 1.165) is 49.4 Å². The number of alkyl halides is 3. The number of halogens is 4. The lowest BCUT2D eigenvalue weighted by atomic mass is 9.95. The van der Waals surface area contributed by atoms with E-state index in [-0.39, 0.29) is 29.1 Å². The van der Waals surface area contributed by atoms with Crippen LogP contribution in [0.15, 0.2) is 72.8 Å². The lowest BCUT2D eigenvalue weighted by Gasteiger charge is -2.39. The Kier molecular flexibility index (Phi) is 9.85. The maximum Gasteiger partial charge on any atom is 0.416 e. The molecule has 3 N–H and O–H groups in total. The summed E-state index contributed by atoms with van der Waals surface area (Å²) >= 11 is 6.06. The molecule has 3 aromatic rings. The molecule has 0 aromatic heterocycles. The molecule has 2 aliphatic heterocycles. The Morgan fingerprint density at radius 1 is 0.955 bits per heavy atom. The molecule has 2 aliphatic rings. The van der Waals surface area contributed by atoms with E-state index < -0.39 is 23.7 Å². The molecule has 0 spiro atoms. The van der Waals surface area contributed by atoms with Crippen LogP contribution in [0.4, 0.5) is 24.5 Å². The topological polar surface area (TPSA) is 73.5 Å². The number of fused-ring (bicyclic) bond motifs is 2. The fraction of sp³-hybridized carbons (Fsp3) is 0.412. The highest BCUT2D eigenvalue weighted by atomic mass is 35.5. The van der Waals surface area contributed by atoms with Crippen molar-refractivity contribution in [2.75, 3.05) is 5.32 Å². The molecular formula is C34H38ClF3N4O2. The largest absolute Gasteiger partial charge is 0.416 e. The molecule has 4 atom stereocenters. The van der Waals surface area contributed by atoms with Gasteiger partial charge in [0.2, 0.25) is 5.91 Å². The first-order valence-corrected chi connectivity index (χ1v) is 15.5. The number of hydrogen-bond acceptors (Lipinski definition) is 4. The Labute approximate surface area is 261 Å². The number of anilines is 2. The standard InChI is InChI=1S/C34H38ClF3N4O2/c1-21(2)16-31(33(44)40-26-18-27-14-15-28(19-26)42(27)20-22-10-12-24(35)13-11-22)41-32(43)29-8-3-4-9-30(29)39-25-7-5-6-23(17-25)34(36,37)38/h3-13,17,21,26-28,31,39H,14-16,18-20H2,1-2H3,(H,40,44)(H,41,43)/t26?,27-,28?,31?/m0/s1. The zero-order chi connectivity index (χ0) is 31.4. The fourth-order valence-electron chi connectivity index (χ4n) is 6.41. The predicted molar refractivity (Wildman–Crippen MR) is 167 cm³/mol. The molecule has 0 aliphatic carbocycles. The Morgan fingerprint density at radius 3 is 2.30 bits per heavy atom. The van der Waals surface area contributed by atoms with Crippen molar-refractivity contribution in [1.82, 2.24) is 15.5 Å². The van der Waals surface area contributed by atoms with E-state index >= 15 is 0 Å². The molecule has 3 unspecified atom stereocenters. The molecule has 2 bridgehead atoms. The Balaban J connectivity index is 1.24. The third-order valence-electron chi connectivity index (χ3n) is 8.48. The molecular weight excluding hydrogens is 589 g/mol. The van der Waals surface area contributed by atoms with Gasteiger partial charge in [0, 0.05) is 35.4 Å². The highest BCUT2D eigenvalue weighted by Gasteiger charge is 2.41. The summed E-state index contributed by atoms with van der Waals surface area (Å²) in [5.74, 6) is -0.549. The normalized spacial score (nSPS) is 20.8. The van der Waals surface area contributed by atoms with Gasteiger partial charge < -0.3 is 16.0 Å². The number of carbonyl (C=O) groups excluding carboxylic acids is 2. The van der Waals surface area contributed by atoms with Gasteiger partial charge in [0.15, 0.2) is 0 Å². The van der Waals surface area contributed by atoms with Gasteiger partial charge in [-0.15, -0.1) is 0 Å². The number of para-hydroxylation sites is 1. The number of nitrogens with one attached hydrogen (secondary N) is 3. The lowest BCUT2D eigenvalue weighted by molar-refractivity contribution is -0.137. The predicted octanol–water partition coefficient (Wildman–Crippen LogP) is 7.56. The Bertz CT molecular complexity index is 1450. The fourth-order valence-corrected chi connectivity index (χ4v) is 6.54. The summed E-state index contributed by atoms with van der Waals surface area (Å²) in [6.45, 7) is 4.84. The molecule has 2 fully saturated rings. The lowest BCUT2D eigenvalue weighted by Crippen LogP contribution is -2.54. The van der Waals surface area contributed by atoms with Gasteiger partial charge in [-0.05, 0) is 86.1 Å². The SMILES string of the molecule is CC(C)CC(NC(=O)c1ccccc1Nc1cccc(C(F)(F)F)c1)C(=O)NC1CC2CC[C@@H](C1)N2Cc1ccc(Cl)cc1. The van der Waals surface area contributed by atoms with Crippen molar-refractivity contribution in [3.8, 4) is 0 Å². The van der Waals surface area contributed by atoms with Gasteiger partial charge in [0.25, 0.3) is 5.91 Å². The molecule has 10 heteroatoms. The minimum atomic E-state index is -4.49. The average molecular weight is 627 g/mol. The minimum absolute atomic E-state index is 0.0166. The molecule has 5 rings (SSSR count). The third kappa shape index (κ3) is 7.93. The van der Waals surface area contributed by atoms with Crippen LogP contribution in [-0.2, 0) is 17.5 Å². The third-order valence-corrected chi connectivity index (χ3v) is 8.73. The van der Waals surface area contributed by atoms with Crippen LogP contribution in [0, 0.1) is 5.92 Å². The van der Waals surface area contributed by atoms with Gasteiger partial charge in [-0.3, -0.25) is 14.5 Å². The summed E-state index contributed by atoms with van der Waals surface area (Å²) in [5, 5.41) is 9.80. The number of benzene rings is 3. The van der Waals surface area contributed by atoms with Crippen LogP contribution >= 0.6 is 11.6 Å². The number of rotatable bonds is 10. The van der Waals surface area contributed by atoms with Crippen molar-refractivity contribution in [1.29, 1.82) is 0 Å². The quantitative estimate of drug-likeness (QED) is 0.217. The average Bonchev–Trinajstić information content (AvgIpc) is 3.20. The van der Waals surface area contributed by atoms with E-state index in [1.165, 1.54) is 17.7 Å². The van der Waals surface area contributed by atoms with E-state index in [9.17, 15) is 22.8 Å². The van der Waals surface area contributed by atoms with Crippen LogP contribution in [-0.4, -0.2) is 40.9 Å². The van der Waals surface area contributed by atoms with Gasteiger partial charge in [0.1, 0.15) is 6.04 Å². The highest BCUT2D eigenvalue weighted by molar-refractivity contribution is 6.30. The van der Waals surface area contributed by atoms with Crippen molar-refractivity contribution in [2.24, 2.45) is 5.92 Å². The molecule has 44 heavy (non-hydrogen) atoms. The van der Waals surface area contributed by atoms with Gasteiger partial charge in [-0.25, -0.2) is 0 Å². The van der Waals surface area contributed by atoms with Crippen LogP contribution in [0.2, 0.25) is 5.02 Å². The maximum atomic E-state index is 13.6. The first kappa shape index (κ1) is 31.9. The second kappa shape index (κ2) is 13.6. The smallest absolute Gasteiger partial charge is 0.355 e. The first-order chi connectivity index (χ1) is 21.0. The van der Waals surface area contributed by atoms with Crippen LogP contribution in [0.1, 0.15) is 67.4 Å². The number of nitrogens with zero attached hydrogens (tertiary/aromatic N) is 1. The molecule has 6 nitrogen and oxygen atoms in total. The molecule has 2 amide bonds. The van der Waals surface area contributed by atoms with E-state index in [0.29, 0.717) is 24.2 Å². The van der Waals surface area contributed by atoms with Crippen molar-refractivity contribution in [2.45, 2.75) is 82.8 Å². The molecule has 2 heterocycles. The van der Waals surface area contributed by atoms with Gasteiger partial charge in [-0.1, -0.05) is 55.8 Å². The van der Waals surface area contributed by atoms with Gasteiger partial charge in [0.05, 0.1) is 16.8 Å². The summed E-state index contributed by atoms with van der Waals surface area (Å²) in [4.78, 5) is 29.6. The summed E-state index contributed by atoms with van der Waals surface area (Å²) in [6.07, 6.45) is -0.162. The molecule has 234 valence electrons. The van der Waals surface area contributed by atoms with Crippen LogP contribution in [0.25, 0.3) is 0 Å². The van der Waals surface area contributed by atoms with Crippen LogP contribution in [0.3, 0.4) is 0 Å². The van der Waals surface area contributed by atoms with Crippen molar-refractivity contribution in [3.05, 3.63) is 94.5 Å². The molecule has 0 radical (unpaired) electrons. The Morgan fingerprint density at radius 2 is 1.64 bits per heavy atom. The minimum Gasteiger partial charge on any atom is -0.355 e. The molecule has 0 saturated carbocycles. The maximum absolute atomic E-state index is 13.6. The number of carbonyl (C=O) groups is 2. The van der Waals surface area contributed by atoms with Crippen molar-refractivity contribution < 1.29 is 22.8 Å². The summed E-state index contributed by atoms with van der Waals surface area (Å²) < 4.78 is 39.7. The number of amides is 2. The van der Waals surface area contributed by atoms with Crippen molar-refractivity contribution in [3.63, 3.8) is 0 Å². The van der Waals surface area contributed by atoms with Crippen molar-refractivity contribution >= 4 is 34.8 Å². The zero-order valence-corrected chi connectivity index (χ0v) is 25.6. The monoisotopic (exact) mass is 626 g/mol. The second-order valence-electron chi connectivity index (χ2n) is 12.3. The summed E-state index contributed by atoms with van der Waals surface area (Å²) in [6, 6.07) is 19.3. The molecule has 2 saturated heterocycles. The summed E-state index contributed by atoms with van der Waals surface area (Å²) in [7, 11) is 0. The number of piperidine rings is 1. The Hall–Kier alpha value is -3.56. The summed E-state index contributed by atoms with van der Waals surface area (Å²) in [5.41, 5.74) is 1.21. The first-order valence-electron chi connectivity index (χ1n) is 15.1. The van der Waals surface area contributed by atoms with Gasteiger partial charge >= 0.3 is 6.18 Å². The molecule has 3 aromatic carbocycles. The van der Waals surface area contributed by atoms with E-state index in [1.807, 2.05) is 26.0 Å². The van der Waals surface area contributed by atoms with E-state index in [4.69, 9.17) is 11.6 Å². The van der Waals surface area contributed by atoms with Gasteiger partial charge in [-0.2, -0.15) is 13.2 Å². The zero-order valence-electron chi connectivity index (χ0n) is 24.8. The van der Waals surface area contributed by atoms with E-state index in [1.54, 1.807) is 24.3 Å².